The molecule has 0 N–H and O–H groups in total. The Morgan fingerprint density at radius 1 is 1.00 bits per heavy atom. The standard InChI is InChI=1S/C7H10N2O5/c1-4-5(10)8(13-2)7(12)9(14-3)6(4)11/h4H,1-3H3. The van der Waals surface area contributed by atoms with Gasteiger partial charge in [0.05, 0.1) is 14.2 Å². The zero-order valence-electron chi connectivity index (χ0n) is 8.01. The number of urea groups is 1. The molecule has 7 heteroatoms. The summed E-state index contributed by atoms with van der Waals surface area (Å²) in [5, 5.41) is 0.963. The van der Waals surface area contributed by atoms with Crippen molar-refractivity contribution in [3.63, 3.8) is 0 Å². The number of hydrogen-bond donors (Lipinski definition) is 0. The Kier molecular flexibility index (Phi) is 2.82. The third-order valence-electron chi connectivity index (χ3n) is 1.85. The van der Waals surface area contributed by atoms with Crippen molar-refractivity contribution in [3.8, 4) is 0 Å². The van der Waals surface area contributed by atoms with Crippen LogP contribution in [0.3, 0.4) is 0 Å². The maximum Gasteiger partial charge on any atom is 0.382 e. The third-order valence-corrected chi connectivity index (χ3v) is 1.85. The van der Waals surface area contributed by atoms with Gasteiger partial charge in [0.2, 0.25) is 0 Å². The lowest BCUT2D eigenvalue weighted by Gasteiger charge is -2.31. The molecule has 0 aromatic rings. The van der Waals surface area contributed by atoms with Gasteiger partial charge in [0.1, 0.15) is 5.92 Å². The lowest BCUT2D eigenvalue weighted by atomic mass is 10.1. The first-order valence-corrected chi connectivity index (χ1v) is 3.84. The molecule has 1 rings (SSSR count). The zero-order valence-corrected chi connectivity index (χ0v) is 8.01. The smallest absolute Gasteiger partial charge is 0.271 e. The Morgan fingerprint density at radius 2 is 1.36 bits per heavy atom. The predicted molar refractivity (Wildman–Crippen MR) is 42.3 cm³/mol. The van der Waals surface area contributed by atoms with Crippen LogP contribution in [-0.4, -0.2) is 42.2 Å². The van der Waals surface area contributed by atoms with Gasteiger partial charge in [-0.25, -0.2) is 4.79 Å². The lowest BCUT2D eigenvalue weighted by molar-refractivity contribution is -0.203. The van der Waals surface area contributed by atoms with Gasteiger partial charge in [-0.1, -0.05) is 0 Å². The number of barbiturate groups is 1. The second-order valence-corrected chi connectivity index (χ2v) is 2.63. The number of carbonyl (C=O) groups excluding carboxylic acids is 3. The van der Waals surface area contributed by atoms with Crippen LogP contribution in [0.5, 0.6) is 0 Å². The molecule has 1 aliphatic rings. The topological polar surface area (TPSA) is 76.2 Å². The first kappa shape index (κ1) is 10.6. The van der Waals surface area contributed by atoms with Crippen molar-refractivity contribution in [1.29, 1.82) is 0 Å². The van der Waals surface area contributed by atoms with E-state index < -0.39 is 23.8 Å². The van der Waals surface area contributed by atoms with Gasteiger partial charge >= 0.3 is 6.03 Å². The third kappa shape index (κ3) is 1.36. The van der Waals surface area contributed by atoms with E-state index >= 15 is 0 Å². The molecule has 0 bridgehead atoms. The first-order chi connectivity index (χ1) is 6.54. The van der Waals surface area contributed by atoms with Gasteiger partial charge in [-0.2, -0.15) is 0 Å². The van der Waals surface area contributed by atoms with E-state index in [-0.39, 0.29) is 0 Å². The second kappa shape index (κ2) is 3.72. The van der Waals surface area contributed by atoms with Crippen molar-refractivity contribution in [2.75, 3.05) is 14.2 Å². The summed E-state index contributed by atoms with van der Waals surface area (Å²) in [5.41, 5.74) is 0. The van der Waals surface area contributed by atoms with Gasteiger partial charge in [-0.05, 0) is 6.92 Å². The Balaban J connectivity index is 3.00. The van der Waals surface area contributed by atoms with E-state index in [4.69, 9.17) is 0 Å². The summed E-state index contributed by atoms with van der Waals surface area (Å²) in [5.74, 6) is -2.38. The molecule has 0 aliphatic carbocycles. The van der Waals surface area contributed by atoms with Gasteiger partial charge in [0.15, 0.2) is 0 Å². The predicted octanol–water partition coefficient (Wildman–Crippen LogP) is -0.464. The Bertz CT molecular complexity index is 264. The van der Waals surface area contributed by atoms with Gasteiger partial charge in [-0.3, -0.25) is 19.3 Å². The molecule has 0 aromatic heterocycles. The Hall–Kier alpha value is -1.47. The number of nitrogens with zero attached hydrogens (tertiary/aromatic N) is 2. The molecule has 1 heterocycles. The number of imide groups is 2. The largest absolute Gasteiger partial charge is 0.382 e. The molecule has 14 heavy (non-hydrogen) atoms. The molecule has 0 saturated carbocycles. The van der Waals surface area contributed by atoms with E-state index in [0.29, 0.717) is 10.1 Å². The van der Waals surface area contributed by atoms with Crippen molar-refractivity contribution in [2.24, 2.45) is 5.92 Å². The highest BCUT2D eigenvalue weighted by Gasteiger charge is 2.44. The van der Waals surface area contributed by atoms with Crippen molar-refractivity contribution < 1.29 is 24.1 Å². The normalized spacial score (nSPS) is 19.5. The molecule has 4 amide bonds. The molecule has 0 radical (unpaired) electrons. The van der Waals surface area contributed by atoms with Crippen LogP contribution in [-0.2, 0) is 19.3 Å². The summed E-state index contributed by atoms with van der Waals surface area (Å²) in [7, 11) is 2.32. The van der Waals surface area contributed by atoms with Crippen LogP contribution in [0.1, 0.15) is 6.92 Å². The fraction of sp³-hybridized carbons (Fsp3) is 0.571. The highest BCUT2D eigenvalue weighted by molar-refractivity contribution is 6.14. The highest BCUT2D eigenvalue weighted by Crippen LogP contribution is 2.17. The van der Waals surface area contributed by atoms with E-state index in [9.17, 15) is 14.4 Å². The average Bonchev–Trinajstić information content (AvgIpc) is 2.16. The minimum atomic E-state index is -0.979. The van der Waals surface area contributed by atoms with Crippen LogP contribution in [0, 0.1) is 5.92 Å². The number of amides is 4. The molecular formula is C7H10N2O5. The number of hydrogen-bond acceptors (Lipinski definition) is 5. The van der Waals surface area contributed by atoms with Crippen LogP contribution < -0.4 is 0 Å². The number of carbonyl (C=O) groups is 3. The van der Waals surface area contributed by atoms with E-state index in [1.165, 1.54) is 6.92 Å². The molecule has 78 valence electrons. The van der Waals surface area contributed by atoms with Gasteiger partial charge in [0.25, 0.3) is 11.8 Å². The Labute approximate surface area is 80.1 Å². The van der Waals surface area contributed by atoms with Gasteiger partial charge < -0.3 is 0 Å². The summed E-state index contributed by atoms with van der Waals surface area (Å²) in [6, 6.07) is -0.942. The van der Waals surface area contributed by atoms with E-state index in [1.54, 1.807) is 0 Å². The van der Waals surface area contributed by atoms with E-state index in [2.05, 4.69) is 9.68 Å². The lowest BCUT2D eigenvalue weighted by Crippen LogP contribution is -2.58. The molecule has 1 saturated heterocycles. The fourth-order valence-corrected chi connectivity index (χ4v) is 1.06. The van der Waals surface area contributed by atoms with Gasteiger partial charge in [0, 0.05) is 0 Å². The number of hydroxylamine groups is 4. The van der Waals surface area contributed by atoms with Crippen LogP contribution in [0.25, 0.3) is 0 Å². The molecule has 1 aliphatic heterocycles. The van der Waals surface area contributed by atoms with Crippen molar-refractivity contribution in [1.82, 2.24) is 10.1 Å². The first-order valence-electron chi connectivity index (χ1n) is 3.84. The minimum Gasteiger partial charge on any atom is -0.271 e. The summed E-state index contributed by atoms with van der Waals surface area (Å²) in [4.78, 5) is 43.0. The van der Waals surface area contributed by atoms with E-state index in [1.807, 2.05) is 0 Å². The Morgan fingerprint density at radius 3 is 1.64 bits per heavy atom. The average molecular weight is 202 g/mol. The SMILES string of the molecule is CON1C(=O)C(C)C(=O)N(OC)C1=O. The second-order valence-electron chi connectivity index (χ2n) is 2.63. The quantitative estimate of drug-likeness (QED) is 0.566. The fourth-order valence-electron chi connectivity index (χ4n) is 1.06. The maximum atomic E-state index is 11.3. The minimum absolute atomic E-state index is 0.482. The summed E-state index contributed by atoms with van der Waals surface area (Å²) >= 11 is 0. The van der Waals surface area contributed by atoms with Crippen LogP contribution in [0.15, 0.2) is 0 Å². The molecule has 0 spiro atoms. The molecule has 7 nitrogen and oxygen atoms in total. The highest BCUT2D eigenvalue weighted by atomic mass is 16.7. The number of rotatable bonds is 2. The zero-order chi connectivity index (χ0) is 10.9. The van der Waals surface area contributed by atoms with Crippen molar-refractivity contribution >= 4 is 17.8 Å². The van der Waals surface area contributed by atoms with Crippen LogP contribution >= 0.6 is 0 Å². The maximum absolute atomic E-state index is 11.3. The molecule has 0 aromatic carbocycles. The molecular weight excluding hydrogens is 192 g/mol. The van der Waals surface area contributed by atoms with Crippen molar-refractivity contribution in [3.05, 3.63) is 0 Å². The molecule has 0 unspecified atom stereocenters. The van der Waals surface area contributed by atoms with E-state index in [0.717, 1.165) is 14.2 Å². The molecule has 0 atom stereocenters. The summed E-state index contributed by atoms with van der Waals surface area (Å²) in [6.45, 7) is 1.37. The monoisotopic (exact) mass is 202 g/mol. The van der Waals surface area contributed by atoms with Crippen LogP contribution in [0.4, 0.5) is 4.79 Å². The van der Waals surface area contributed by atoms with Gasteiger partial charge in [-0.15, -0.1) is 10.1 Å². The summed E-state index contributed by atoms with van der Waals surface area (Å²) in [6.07, 6.45) is 0. The summed E-state index contributed by atoms with van der Waals surface area (Å²) < 4.78 is 0. The van der Waals surface area contributed by atoms with Crippen LogP contribution in [0.2, 0.25) is 0 Å². The molecule has 1 fully saturated rings. The van der Waals surface area contributed by atoms with Crippen molar-refractivity contribution in [2.45, 2.75) is 6.92 Å².